The zero-order valence-corrected chi connectivity index (χ0v) is 17.6. The van der Waals surface area contributed by atoms with Crippen molar-refractivity contribution >= 4 is 11.6 Å². The lowest BCUT2D eigenvalue weighted by atomic mass is 10.1. The third kappa shape index (κ3) is 4.66. The summed E-state index contributed by atoms with van der Waals surface area (Å²) in [6.45, 7) is 8.19. The number of oxazole rings is 1. The Labute approximate surface area is 176 Å². The van der Waals surface area contributed by atoms with E-state index in [9.17, 15) is 0 Å². The fourth-order valence-corrected chi connectivity index (χ4v) is 3.25. The zero-order chi connectivity index (χ0) is 21.1. The molecule has 2 aromatic carbocycles. The van der Waals surface area contributed by atoms with Crippen LogP contribution in [0.1, 0.15) is 28.3 Å². The third-order valence-corrected chi connectivity index (χ3v) is 4.58. The maximum absolute atomic E-state index is 5.92. The van der Waals surface area contributed by atoms with Gasteiger partial charge in [-0.15, -0.1) is 0 Å². The van der Waals surface area contributed by atoms with Crippen LogP contribution in [0, 0.1) is 27.7 Å². The number of hydrogen-bond acceptors (Lipinski definition) is 6. The Balaban J connectivity index is 1.50. The molecule has 0 saturated heterocycles. The van der Waals surface area contributed by atoms with E-state index in [1.165, 1.54) is 11.1 Å². The lowest BCUT2D eigenvalue weighted by Crippen LogP contribution is -2.04. The maximum Gasteiger partial charge on any atom is 0.230 e. The van der Waals surface area contributed by atoms with Gasteiger partial charge < -0.3 is 14.5 Å². The third-order valence-electron chi connectivity index (χ3n) is 4.58. The number of aryl methyl sites for hydroxylation is 4. The van der Waals surface area contributed by atoms with Crippen molar-refractivity contribution in [1.82, 2.24) is 15.0 Å². The zero-order valence-electron chi connectivity index (χ0n) is 17.6. The minimum absolute atomic E-state index is 0.265. The van der Waals surface area contributed by atoms with Crippen LogP contribution in [0.3, 0.4) is 0 Å². The molecule has 2 heterocycles. The van der Waals surface area contributed by atoms with Crippen molar-refractivity contribution in [2.45, 2.75) is 34.3 Å². The number of benzene rings is 2. The lowest BCUT2D eigenvalue weighted by Gasteiger charge is -2.10. The first-order chi connectivity index (χ1) is 14.5. The van der Waals surface area contributed by atoms with Crippen molar-refractivity contribution in [2.24, 2.45) is 0 Å². The van der Waals surface area contributed by atoms with Gasteiger partial charge in [-0.25, -0.2) is 9.97 Å². The second kappa shape index (κ2) is 8.37. The number of rotatable bonds is 6. The van der Waals surface area contributed by atoms with E-state index in [2.05, 4.69) is 52.3 Å². The minimum atomic E-state index is 0.265. The summed E-state index contributed by atoms with van der Waals surface area (Å²) in [6.07, 6.45) is 0. The molecular formula is C24H24N4O2. The second-order valence-corrected chi connectivity index (χ2v) is 7.35. The molecule has 152 valence electrons. The first-order valence-corrected chi connectivity index (χ1v) is 9.82. The summed E-state index contributed by atoms with van der Waals surface area (Å²) >= 11 is 0. The van der Waals surface area contributed by atoms with Crippen LogP contribution in [0.2, 0.25) is 0 Å². The predicted molar refractivity (Wildman–Crippen MR) is 117 cm³/mol. The largest absolute Gasteiger partial charge is 0.471 e. The van der Waals surface area contributed by atoms with E-state index < -0.39 is 0 Å². The highest BCUT2D eigenvalue weighted by atomic mass is 16.5. The van der Waals surface area contributed by atoms with Crippen molar-refractivity contribution in [3.8, 4) is 17.3 Å². The molecule has 0 fully saturated rings. The van der Waals surface area contributed by atoms with Gasteiger partial charge in [0.25, 0.3) is 0 Å². The highest BCUT2D eigenvalue weighted by molar-refractivity contribution is 5.56. The predicted octanol–water partition coefficient (Wildman–Crippen LogP) is 5.69. The normalized spacial score (nSPS) is 10.8. The van der Waals surface area contributed by atoms with Gasteiger partial charge in [-0.3, -0.25) is 0 Å². The molecule has 0 aliphatic rings. The second-order valence-electron chi connectivity index (χ2n) is 7.35. The number of nitrogens with zero attached hydrogens (tertiary/aromatic N) is 3. The van der Waals surface area contributed by atoms with E-state index in [4.69, 9.17) is 9.15 Å². The summed E-state index contributed by atoms with van der Waals surface area (Å²) in [6, 6.07) is 17.9. The van der Waals surface area contributed by atoms with Crippen molar-refractivity contribution in [2.75, 3.05) is 5.32 Å². The molecule has 6 nitrogen and oxygen atoms in total. The first-order valence-electron chi connectivity index (χ1n) is 9.82. The Bertz CT molecular complexity index is 1150. The van der Waals surface area contributed by atoms with Crippen molar-refractivity contribution in [3.63, 3.8) is 0 Å². The van der Waals surface area contributed by atoms with Crippen LogP contribution in [0.25, 0.3) is 11.5 Å². The molecule has 4 rings (SSSR count). The van der Waals surface area contributed by atoms with Gasteiger partial charge in [-0.05, 0) is 63.1 Å². The first kappa shape index (κ1) is 19.6. The SMILES string of the molecule is Cc1cc(C)cc(Nc2nc(C)cc(OCc3nc(-c4ccccc4)oc3C)n2)c1. The van der Waals surface area contributed by atoms with E-state index in [0.717, 1.165) is 28.4 Å². The van der Waals surface area contributed by atoms with E-state index in [0.29, 0.717) is 17.7 Å². The molecule has 2 aromatic heterocycles. The summed E-state index contributed by atoms with van der Waals surface area (Å²) in [4.78, 5) is 13.5. The average molecular weight is 400 g/mol. The Morgan fingerprint density at radius 3 is 2.33 bits per heavy atom. The van der Waals surface area contributed by atoms with Crippen LogP contribution >= 0.6 is 0 Å². The van der Waals surface area contributed by atoms with Crippen LogP contribution in [0.4, 0.5) is 11.6 Å². The average Bonchev–Trinajstić information content (AvgIpc) is 3.06. The van der Waals surface area contributed by atoms with E-state index >= 15 is 0 Å². The van der Waals surface area contributed by atoms with Gasteiger partial charge in [-0.2, -0.15) is 4.98 Å². The number of aromatic nitrogens is 3. The number of ether oxygens (including phenoxy) is 1. The molecule has 0 atom stereocenters. The Kier molecular flexibility index (Phi) is 5.48. The van der Waals surface area contributed by atoms with Crippen molar-refractivity contribution in [1.29, 1.82) is 0 Å². The molecule has 0 aliphatic heterocycles. The van der Waals surface area contributed by atoms with E-state index in [1.54, 1.807) is 6.07 Å². The van der Waals surface area contributed by atoms with Crippen LogP contribution in [-0.2, 0) is 6.61 Å². The molecule has 0 aliphatic carbocycles. The monoisotopic (exact) mass is 400 g/mol. The lowest BCUT2D eigenvalue weighted by molar-refractivity contribution is 0.287. The van der Waals surface area contributed by atoms with E-state index in [1.807, 2.05) is 44.2 Å². The standard InChI is InChI=1S/C24H24N4O2/c1-15-10-16(2)12-20(11-15)26-24-25-17(3)13-22(28-24)29-14-21-18(4)30-23(27-21)19-8-6-5-7-9-19/h5-13H,14H2,1-4H3,(H,25,26,28). The van der Waals surface area contributed by atoms with Gasteiger partial charge in [0, 0.05) is 23.0 Å². The molecule has 0 unspecified atom stereocenters. The summed E-state index contributed by atoms with van der Waals surface area (Å²) in [5.74, 6) is 2.30. The summed E-state index contributed by atoms with van der Waals surface area (Å²) in [5.41, 5.74) is 5.80. The highest BCUT2D eigenvalue weighted by Crippen LogP contribution is 2.23. The van der Waals surface area contributed by atoms with Gasteiger partial charge in [0.05, 0.1) is 0 Å². The number of anilines is 2. The van der Waals surface area contributed by atoms with Gasteiger partial charge >= 0.3 is 0 Å². The van der Waals surface area contributed by atoms with Gasteiger partial charge in [0.2, 0.25) is 17.7 Å². The molecule has 0 bridgehead atoms. The topological polar surface area (TPSA) is 73.1 Å². The molecule has 6 heteroatoms. The summed E-state index contributed by atoms with van der Waals surface area (Å²) < 4.78 is 11.7. The molecule has 30 heavy (non-hydrogen) atoms. The maximum atomic E-state index is 5.92. The van der Waals surface area contributed by atoms with Crippen LogP contribution < -0.4 is 10.1 Å². The quantitative estimate of drug-likeness (QED) is 0.448. The fraction of sp³-hybridized carbons (Fsp3) is 0.208. The molecule has 1 N–H and O–H groups in total. The fourth-order valence-electron chi connectivity index (χ4n) is 3.25. The Hall–Kier alpha value is -3.67. The summed E-state index contributed by atoms with van der Waals surface area (Å²) in [5, 5.41) is 3.27. The van der Waals surface area contributed by atoms with Gasteiger partial charge in [-0.1, -0.05) is 24.3 Å². The number of hydrogen-bond donors (Lipinski definition) is 1. The van der Waals surface area contributed by atoms with Gasteiger partial charge in [0.15, 0.2) is 0 Å². The molecule has 0 saturated carbocycles. The Morgan fingerprint density at radius 1 is 0.867 bits per heavy atom. The molecule has 0 amide bonds. The van der Waals surface area contributed by atoms with Crippen LogP contribution in [0.5, 0.6) is 5.88 Å². The summed E-state index contributed by atoms with van der Waals surface area (Å²) in [7, 11) is 0. The Morgan fingerprint density at radius 2 is 1.60 bits per heavy atom. The molecule has 0 spiro atoms. The van der Waals surface area contributed by atoms with Crippen LogP contribution in [-0.4, -0.2) is 15.0 Å². The van der Waals surface area contributed by atoms with Crippen molar-refractivity contribution < 1.29 is 9.15 Å². The molecular weight excluding hydrogens is 376 g/mol. The molecule has 4 aromatic rings. The van der Waals surface area contributed by atoms with Crippen LogP contribution in [0.15, 0.2) is 59.0 Å². The minimum Gasteiger partial charge on any atom is -0.471 e. The van der Waals surface area contributed by atoms with E-state index in [-0.39, 0.29) is 6.61 Å². The van der Waals surface area contributed by atoms with Crippen molar-refractivity contribution in [3.05, 3.63) is 82.9 Å². The number of nitrogens with one attached hydrogen (secondary N) is 1. The smallest absolute Gasteiger partial charge is 0.230 e. The van der Waals surface area contributed by atoms with Gasteiger partial charge in [0.1, 0.15) is 18.1 Å². The molecule has 0 radical (unpaired) electrons. The highest BCUT2D eigenvalue weighted by Gasteiger charge is 2.13.